The predicted molar refractivity (Wildman–Crippen MR) is 98.9 cm³/mol. The lowest BCUT2D eigenvalue weighted by molar-refractivity contribution is -0.137. The highest BCUT2D eigenvalue weighted by Crippen LogP contribution is 2.07. The second-order valence-corrected chi connectivity index (χ2v) is 6.04. The van der Waals surface area contributed by atoms with E-state index in [-0.39, 0.29) is 6.42 Å². The minimum atomic E-state index is -0.790. The molecule has 3 N–H and O–H groups in total. The Kier molecular flexibility index (Phi) is 15.5. The van der Waals surface area contributed by atoms with Crippen molar-refractivity contribution in [3.8, 4) is 0 Å². The molecule has 0 spiro atoms. The Bertz CT molecular complexity index is 385. The number of carboxylic acids is 1. The second-order valence-electron chi connectivity index (χ2n) is 6.04. The van der Waals surface area contributed by atoms with Gasteiger partial charge in [-0.3, -0.25) is 4.79 Å². The summed E-state index contributed by atoms with van der Waals surface area (Å²) in [6.45, 7) is 2.20. The Hall–Kier alpha value is -1.39. The zero-order valence-electron chi connectivity index (χ0n) is 14.9. The summed E-state index contributed by atoms with van der Waals surface area (Å²) in [5, 5.41) is 28.2. The highest BCUT2D eigenvalue weighted by atomic mass is 16.4. The maximum atomic E-state index is 10.3. The second kappa shape index (κ2) is 16.5. The van der Waals surface area contributed by atoms with Gasteiger partial charge in [0.1, 0.15) is 0 Å². The lowest BCUT2D eigenvalue weighted by atomic mass is 10.1. The molecule has 0 radical (unpaired) electrons. The topological polar surface area (TPSA) is 77.8 Å². The van der Waals surface area contributed by atoms with E-state index in [0.29, 0.717) is 25.7 Å². The summed E-state index contributed by atoms with van der Waals surface area (Å²) >= 11 is 0. The van der Waals surface area contributed by atoms with Crippen LogP contribution >= 0.6 is 0 Å². The molecule has 4 heteroatoms. The zero-order chi connectivity index (χ0) is 18.0. The number of hydrogen-bond donors (Lipinski definition) is 3. The van der Waals surface area contributed by atoms with Crippen molar-refractivity contribution in [2.24, 2.45) is 0 Å². The van der Waals surface area contributed by atoms with Crippen molar-refractivity contribution in [3.05, 3.63) is 36.5 Å². The van der Waals surface area contributed by atoms with Crippen molar-refractivity contribution < 1.29 is 20.1 Å². The van der Waals surface area contributed by atoms with Crippen molar-refractivity contribution in [1.82, 2.24) is 0 Å². The predicted octanol–water partition coefficient (Wildman–Crippen LogP) is 4.38. The van der Waals surface area contributed by atoms with E-state index in [1.165, 1.54) is 19.3 Å². The standard InChI is InChI=1S/C20H34O4/c1-2-3-4-5-6-7-8-9-12-15-18(21)19(22)16-13-10-11-14-17-20(23)24/h6-7,9-10,12-13,18-19,21-22H,2-5,8,11,14-17H2,1H3,(H,23,24)/t18-,19-/m1/s1. The molecule has 0 unspecified atom stereocenters. The van der Waals surface area contributed by atoms with Gasteiger partial charge in [0.25, 0.3) is 0 Å². The van der Waals surface area contributed by atoms with Crippen LogP contribution in [0.15, 0.2) is 36.5 Å². The average Bonchev–Trinajstić information content (AvgIpc) is 2.55. The molecular formula is C20H34O4. The summed E-state index contributed by atoms with van der Waals surface area (Å²) in [5.41, 5.74) is 0. The van der Waals surface area contributed by atoms with Gasteiger partial charge in [-0.25, -0.2) is 0 Å². The lowest BCUT2D eigenvalue weighted by Crippen LogP contribution is -2.24. The van der Waals surface area contributed by atoms with E-state index in [1.54, 1.807) is 6.08 Å². The normalized spacial score (nSPS) is 14.8. The maximum Gasteiger partial charge on any atom is 0.303 e. The van der Waals surface area contributed by atoms with Crippen LogP contribution in [0.25, 0.3) is 0 Å². The first-order chi connectivity index (χ1) is 11.6. The maximum absolute atomic E-state index is 10.3. The molecule has 0 aliphatic rings. The van der Waals surface area contributed by atoms with Crippen molar-refractivity contribution in [1.29, 1.82) is 0 Å². The van der Waals surface area contributed by atoms with Gasteiger partial charge >= 0.3 is 5.97 Å². The van der Waals surface area contributed by atoms with Gasteiger partial charge in [-0.15, -0.1) is 0 Å². The fourth-order valence-corrected chi connectivity index (χ4v) is 2.18. The smallest absolute Gasteiger partial charge is 0.303 e. The van der Waals surface area contributed by atoms with E-state index < -0.39 is 18.2 Å². The van der Waals surface area contributed by atoms with E-state index >= 15 is 0 Å². The van der Waals surface area contributed by atoms with E-state index in [4.69, 9.17) is 5.11 Å². The van der Waals surface area contributed by atoms with Crippen molar-refractivity contribution in [3.63, 3.8) is 0 Å². The fourth-order valence-electron chi connectivity index (χ4n) is 2.18. The van der Waals surface area contributed by atoms with Crippen LogP contribution in [-0.2, 0) is 4.79 Å². The third-order valence-corrected chi connectivity index (χ3v) is 3.71. The highest BCUT2D eigenvalue weighted by Gasteiger charge is 2.12. The van der Waals surface area contributed by atoms with Crippen LogP contribution in [0.5, 0.6) is 0 Å². The fraction of sp³-hybridized carbons (Fsp3) is 0.650. The molecule has 0 saturated carbocycles. The largest absolute Gasteiger partial charge is 0.481 e. The van der Waals surface area contributed by atoms with Crippen LogP contribution in [0.3, 0.4) is 0 Å². The molecule has 0 saturated heterocycles. The summed E-state index contributed by atoms with van der Waals surface area (Å²) in [5.74, 6) is -0.790. The van der Waals surface area contributed by atoms with Gasteiger partial charge < -0.3 is 15.3 Å². The van der Waals surface area contributed by atoms with Gasteiger partial charge in [0, 0.05) is 6.42 Å². The Morgan fingerprint density at radius 3 is 2.00 bits per heavy atom. The molecular weight excluding hydrogens is 304 g/mol. The van der Waals surface area contributed by atoms with Crippen LogP contribution in [0.1, 0.15) is 71.1 Å². The molecule has 0 aromatic carbocycles. The Balaban J connectivity index is 3.70. The molecule has 0 aromatic heterocycles. The van der Waals surface area contributed by atoms with E-state index in [2.05, 4.69) is 19.1 Å². The summed E-state index contributed by atoms with van der Waals surface area (Å²) in [4.78, 5) is 10.3. The number of allylic oxidation sites excluding steroid dienone is 4. The van der Waals surface area contributed by atoms with E-state index in [9.17, 15) is 15.0 Å². The molecule has 138 valence electrons. The Labute approximate surface area is 146 Å². The van der Waals surface area contributed by atoms with E-state index in [1.807, 2.05) is 18.2 Å². The minimum Gasteiger partial charge on any atom is -0.481 e. The first-order valence-electron chi connectivity index (χ1n) is 9.10. The van der Waals surface area contributed by atoms with Crippen LogP contribution < -0.4 is 0 Å². The molecule has 24 heavy (non-hydrogen) atoms. The highest BCUT2D eigenvalue weighted by molar-refractivity contribution is 5.66. The number of aliphatic hydroxyl groups is 2. The number of aliphatic hydroxyl groups excluding tert-OH is 2. The number of rotatable bonds is 15. The number of hydrogen-bond acceptors (Lipinski definition) is 3. The Morgan fingerprint density at radius 2 is 1.38 bits per heavy atom. The molecule has 0 heterocycles. The van der Waals surface area contributed by atoms with Gasteiger partial charge in [-0.1, -0.05) is 56.2 Å². The van der Waals surface area contributed by atoms with Crippen molar-refractivity contribution in [2.75, 3.05) is 0 Å². The number of carboxylic acid groups (broad SMARTS) is 1. The zero-order valence-corrected chi connectivity index (χ0v) is 14.9. The third-order valence-electron chi connectivity index (χ3n) is 3.71. The van der Waals surface area contributed by atoms with Crippen LogP contribution in [0.2, 0.25) is 0 Å². The average molecular weight is 338 g/mol. The SMILES string of the molecule is CCCCCC=CCC=CC[C@@H](O)[C@H](O)CC=CCCCC(=O)O. The summed E-state index contributed by atoms with van der Waals surface area (Å²) < 4.78 is 0. The van der Waals surface area contributed by atoms with Gasteiger partial charge in [0.15, 0.2) is 0 Å². The number of carbonyl (C=O) groups is 1. The van der Waals surface area contributed by atoms with Gasteiger partial charge in [-0.2, -0.15) is 0 Å². The minimum absolute atomic E-state index is 0.160. The number of unbranched alkanes of at least 4 members (excludes halogenated alkanes) is 4. The van der Waals surface area contributed by atoms with Crippen molar-refractivity contribution in [2.45, 2.75) is 83.3 Å². The molecule has 4 nitrogen and oxygen atoms in total. The van der Waals surface area contributed by atoms with Crippen molar-refractivity contribution >= 4 is 5.97 Å². The Morgan fingerprint density at radius 1 is 0.833 bits per heavy atom. The molecule has 2 atom stereocenters. The first-order valence-corrected chi connectivity index (χ1v) is 9.10. The molecule has 0 aliphatic carbocycles. The summed E-state index contributed by atoms with van der Waals surface area (Å²) in [6, 6.07) is 0. The molecule has 0 aromatic rings. The third kappa shape index (κ3) is 15.5. The summed E-state index contributed by atoms with van der Waals surface area (Å²) in [7, 11) is 0. The van der Waals surface area contributed by atoms with Gasteiger partial charge in [0.05, 0.1) is 12.2 Å². The molecule has 0 aliphatic heterocycles. The lowest BCUT2D eigenvalue weighted by Gasteiger charge is -2.14. The van der Waals surface area contributed by atoms with Crippen LogP contribution in [0, 0.1) is 0 Å². The van der Waals surface area contributed by atoms with Crippen LogP contribution in [-0.4, -0.2) is 33.5 Å². The molecule has 0 rings (SSSR count). The molecule has 0 amide bonds. The monoisotopic (exact) mass is 338 g/mol. The number of aliphatic carboxylic acids is 1. The van der Waals surface area contributed by atoms with Gasteiger partial charge in [0.2, 0.25) is 0 Å². The quantitative estimate of drug-likeness (QED) is 0.306. The van der Waals surface area contributed by atoms with Gasteiger partial charge in [-0.05, 0) is 44.9 Å². The molecule has 0 bridgehead atoms. The summed E-state index contributed by atoms with van der Waals surface area (Å²) in [6.07, 6.45) is 18.4. The first kappa shape index (κ1) is 22.6. The van der Waals surface area contributed by atoms with Crippen LogP contribution in [0.4, 0.5) is 0 Å². The van der Waals surface area contributed by atoms with E-state index in [0.717, 1.165) is 12.8 Å². The molecule has 0 fully saturated rings.